The number of H-pyrrole nitrogens is 1. The zero-order valence-corrected chi connectivity index (χ0v) is 19.4. The van der Waals surface area contributed by atoms with Crippen LogP contribution in [0, 0.1) is 0 Å². The molecule has 4 rings (SSSR count). The fourth-order valence-electron chi connectivity index (χ4n) is 3.47. The van der Waals surface area contributed by atoms with E-state index in [9.17, 15) is 9.59 Å². The summed E-state index contributed by atoms with van der Waals surface area (Å²) in [5, 5.41) is 3.89. The number of carbonyl (C=O) groups is 1. The van der Waals surface area contributed by atoms with Crippen molar-refractivity contribution in [2.75, 3.05) is 11.9 Å². The van der Waals surface area contributed by atoms with Crippen molar-refractivity contribution in [2.24, 2.45) is 0 Å². The zero-order chi connectivity index (χ0) is 23.9. The monoisotopic (exact) mass is 477 g/mol. The van der Waals surface area contributed by atoms with Crippen molar-refractivity contribution in [3.05, 3.63) is 87.9 Å². The first kappa shape index (κ1) is 23.3. The van der Waals surface area contributed by atoms with Gasteiger partial charge in [0, 0.05) is 17.9 Å². The van der Waals surface area contributed by atoms with E-state index in [1.54, 1.807) is 48.5 Å². The summed E-state index contributed by atoms with van der Waals surface area (Å²) in [6.45, 7) is 2.51. The maximum absolute atomic E-state index is 12.6. The molecule has 0 atom stereocenters. The van der Waals surface area contributed by atoms with Crippen LogP contribution >= 0.6 is 11.6 Å². The van der Waals surface area contributed by atoms with E-state index in [0.29, 0.717) is 58.4 Å². The zero-order valence-electron chi connectivity index (χ0n) is 18.6. The lowest BCUT2D eigenvalue weighted by atomic mass is 10.2. The van der Waals surface area contributed by atoms with E-state index in [4.69, 9.17) is 21.1 Å². The quantitative estimate of drug-likeness (QED) is 0.321. The third-order valence-electron chi connectivity index (χ3n) is 5.06. The van der Waals surface area contributed by atoms with E-state index in [1.165, 1.54) is 0 Å². The van der Waals surface area contributed by atoms with Crippen molar-refractivity contribution < 1.29 is 14.3 Å². The van der Waals surface area contributed by atoms with Gasteiger partial charge in [0.25, 0.3) is 5.56 Å². The molecule has 174 valence electrons. The van der Waals surface area contributed by atoms with Gasteiger partial charge < -0.3 is 19.8 Å². The molecule has 0 fully saturated rings. The summed E-state index contributed by atoms with van der Waals surface area (Å²) >= 11 is 6.14. The Balaban J connectivity index is 1.38. The van der Waals surface area contributed by atoms with E-state index in [-0.39, 0.29) is 17.9 Å². The summed E-state index contributed by atoms with van der Waals surface area (Å²) in [4.78, 5) is 32.1. The molecule has 0 aliphatic heterocycles. The van der Waals surface area contributed by atoms with Gasteiger partial charge in [-0.1, -0.05) is 23.7 Å². The van der Waals surface area contributed by atoms with Crippen molar-refractivity contribution in [3.63, 3.8) is 0 Å². The van der Waals surface area contributed by atoms with Gasteiger partial charge in [-0.05, 0) is 67.9 Å². The lowest BCUT2D eigenvalue weighted by Crippen LogP contribution is -2.14. The Hall–Kier alpha value is -3.84. The highest BCUT2D eigenvalue weighted by atomic mass is 35.5. The Morgan fingerprint density at radius 3 is 2.62 bits per heavy atom. The topological polar surface area (TPSA) is 93.3 Å². The molecule has 0 saturated heterocycles. The van der Waals surface area contributed by atoms with Gasteiger partial charge in [-0.2, -0.15) is 0 Å². The normalized spacial score (nSPS) is 10.8. The third kappa shape index (κ3) is 5.94. The van der Waals surface area contributed by atoms with Crippen molar-refractivity contribution in [1.82, 2.24) is 9.97 Å². The summed E-state index contributed by atoms with van der Waals surface area (Å²) in [5.74, 6) is 2.19. The summed E-state index contributed by atoms with van der Waals surface area (Å²) in [5.41, 5.74) is 0.935. The molecule has 4 aromatic rings. The fourth-order valence-corrected chi connectivity index (χ4v) is 3.64. The molecule has 2 N–H and O–H groups in total. The average Bonchev–Trinajstić information content (AvgIpc) is 2.82. The smallest absolute Gasteiger partial charge is 0.258 e. The molecule has 34 heavy (non-hydrogen) atoms. The van der Waals surface area contributed by atoms with Crippen molar-refractivity contribution in [1.29, 1.82) is 0 Å². The van der Waals surface area contributed by atoms with Crippen LogP contribution in [0.1, 0.15) is 25.6 Å². The molecule has 0 spiro atoms. The van der Waals surface area contributed by atoms with Crippen LogP contribution in [0.5, 0.6) is 17.2 Å². The Labute approximate surface area is 201 Å². The van der Waals surface area contributed by atoms with Crippen molar-refractivity contribution in [2.45, 2.75) is 26.2 Å². The van der Waals surface area contributed by atoms with Gasteiger partial charge in [-0.15, -0.1) is 0 Å². The Bertz CT molecular complexity index is 1350. The van der Waals surface area contributed by atoms with Crippen LogP contribution < -0.4 is 20.3 Å². The first-order valence-corrected chi connectivity index (χ1v) is 11.4. The van der Waals surface area contributed by atoms with Crippen molar-refractivity contribution in [3.8, 4) is 17.2 Å². The number of anilines is 1. The van der Waals surface area contributed by atoms with Gasteiger partial charge in [-0.3, -0.25) is 9.59 Å². The maximum Gasteiger partial charge on any atom is 0.258 e. The molecule has 0 aliphatic carbocycles. The molecule has 3 aromatic carbocycles. The van der Waals surface area contributed by atoms with Gasteiger partial charge in [0.1, 0.15) is 17.3 Å². The summed E-state index contributed by atoms with van der Waals surface area (Å²) in [6.07, 6.45) is 1.23. The number of hydrogen-bond acceptors (Lipinski definition) is 5. The van der Waals surface area contributed by atoms with Crippen LogP contribution in [0.4, 0.5) is 5.69 Å². The largest absolute Gasteiger partial charge is 0.494 e. The molecule has 7 nitrogen and oxygen atoms in total. The number of nitrogens with zero attached hydrogens (tertiary/aromatic N) is 1. The highest BCUT2D eigenvalue weighted by Gasteiger charge is 2.11. The fraction of sp³-hybridized carbons (Fsp3) is 0.192. The number of aromatic nitrogens is 2. The number of carbonyl (C=O) groups excluding carboxylic acids is 1. The molecule has 0 bridgehead atoms. The summed E-state index contributed by atoms with van der Waals surface area (Å²) in [6, 6.07) is 19.4. The lowest BCUT2D eigenvalue weighted by Gasteiger charge is -2.13. The standard InChI is InChI=1S/C26H24ClN3O4/c1-2-33-18-11-13-19(14-12-18)34-23-15-10-17(27)16-22(23)29-25(31)9-5-8-24-28-21-7-4-3-6-20(21)26(32)30-24/h3-4,6-7,10-16H,2,5,8-9H2,1H3,(H,29,31)(H,28,30,32). The number of fused-ring (bicyclic) bond motifs is 1. The Kier molecular flexibility index (Phi) is 7.44. The molecule has 8 heteroatoms. The second-order valence-electron chi connectivity index (χ2n) is 7.58. The number of halogens is 1. The minimum atomic E-state index is -0.193. The second-order valence-corrected chi connectivity index (χ2v) is 8.01. The number of ether oxygens (including phenoxy) is 2. The van der Waals surface area contributed by atoms with E-state index in [1.807, 2.05) is 25.1 Å². The Morgan fingerprint density at radius 1 is 1.06 bits per heavy atom. The molecular weight excluding hydrogens is 454 g/mol. The van der Waals surface area contributed by atoms with Crippen LogP contribution in [-0.2, 0) is 11.2 Å². The summed E-state index contributed by atoms with van der Waals surface area (Å²) in [7, 11) is 0. The first-order chi connectivity index (χ1) is 16.5. The number of benzene rings is 3. The number of aryl methyl sites for hydroxylation is 1. The molecule has 0 aliphatic rings. The molecule has 0 radical (unpaired) electrons. The van der Waals surface area contributed by atoms with E-state index < -0.39 is 0 Å². The number of hydrogen-bond donors (Lipinski definition) is 2. The minimum Gasteiger partial charge on any atom is -0.494 e. The second kappa shape index (κ2) is 10.9. The molecule has 0 saturated carbocycles. The van der Waals surface area contributed by atoms with E-state index in [2.05, 4.69) is 15.3 Å². The van der Waals surface area contributed by atoms with Crippen molar-refractivity contribution >= 4 is 34.1 Å². The van der Waals surface area contributed by atoms with Crippen LogP contribution in [0.15, 0.2) is 71.5 Å². The molecule has 1 amide bonds. The SMILES string of the molecule is CCOc1ccc(Oc2ccc(Cl)cc2NC(=O)CCCc2nc3ccccc3c(=O)[nH]2)cc1. The van der Waals surface area contributed by atoms with Gasteiger partial charge in [0.2, 0.25) is 5.91 Å². The van der Waals surface area contributed by atoms with Crippen LogP contribution in [0.3, 0.4) is 0 Å². The highest BCUT2D eigenvalue weighted by molar-refractivity contribution is 6.31. The minimum absolute atomic E-state index is 0.181. The lowest BCUT2D eigenvalue weighted by molar-refractivity contribution is -0.116. The van der Waals surface area contributed by atoms with Gasteiger partial charge in [0.15, 0.2) is 5.75 Å². The number of aromatic amines is 1. The van der Waals surface area contributed by atoms with Gasteiger partial charge in [-0.25, -0.2) is 4.98 Å². The van der Waals surface area contributed by atoms with Crippen LogP contribution in [0.25, 0.3) is 10.9 Å². The van der Waals surface area contributed by atoms with Gasteiger partial charge >= 0.3 is 0 Å². The predicted octanol–water partition coefficient (Wildman–Crippen LogP) is 5.73. The molecule has 1 aromatic heterocycles. The van der Waals surface area contributed by atoms with E-state index in [0.717, 1.165) is 5.75 Å². The number of nitrogens with one attached hydrogen (secondary N) is 2. The molecule has 0 unspecified atom stereocenters. The average molecular weight is 478 g/mol. The molecule has 1 heterocycles. The maximum atomic E-state index is 12.6. The number of para-hydroxylation sites is 1. The van der Waals surface area contributed by atoms with E-state index >= 15 is 0 Å². The number of rotatable bonds is 9. The predicted molar refractivity (Wildman–Crippen MR) is 133 cm³/mol. The first-order valence-electron chi connectivity index (χ1n) is 11.0. The van der Waals surface area contributed by atoms with Gasteiger partial charge in [0.05, 0.1) is 23.2 Å². The van der Waals surface area contributed by atoms with Crippen LogP contribution in [0.2, 0.25) is 5.02 Å². The third-order valence-corrected chi connectivity index (χ3v) is 5.29. The highest BCUT2D eigenvalue weighted by Crippen LogP contribution is 2.33. The van der Waals surface area contributed by atoms with Crippen LogP contribution in [-0.4, -0.2) is 22.5 Å². The Morgan fingerprint density at radius 2 is 1.82 bits per heavy atom. The number of amides is 1. The summed E-state index contributed by atoms with van der Waals surface area (Å²) < 4.78 is 11.4. The molecular formula is C26H24ClN3O4.